The van der Waals surface area contributed by atoms with Gasteiger partial charge in [0.25, 0.3) is 0 Å². The summed E-state index contributed by atoms with van der Waals surface area (Å²) in [6.07, 6.45) is 4.51. The maximum atomic E-state index is 13.1. The van der Waals surface area contributed by atoms with E-state index in [1.165, 1.54) is 0 Å². The van der Waals surface area contributed by atoms with E-state index in [0.717, 1.165) is 37.2 Å². The highest BCUT2D eigenvalue weighted by molar-refractivity contribution is 5.99. The van der Waals surface area contributed by atoms with E-state index in [2.05, 4.69) is 5.10 Å². The second-order valence-electron chi connectivity index (χ2n) is 7.34. The van der Waals surface area contributed by atoms with E-state index in [-0.39, 0.29) is 17.2 Å². The van der Waals surface area contributed by atoms with Gasteiger partial charge in [-0.2, -0.15) is 5.10 Å². The minimum absolute atomic E-state index is 0.153. The first kappa shape index (κ1) is 16.8. The summed E-state index contributed by atoms with van der Waals surface area (Å²) in [4.78, 5) is 29.4. The van der Waals surface area contributed by atoms with Crippen LogP contribution in [0.3, 0.4) is 0 Å². The Hall–Kier alpha value is -2.63. The maximum absolute atomic E-state index is 13.1. The molecule has 136 valence electrons. The molecule has 0 radical (unpaired) electrons. The van der Waals surface area contributed by atoms with E-state index in [1.54, 1.807) is 10.9 Å². The van der Waals surface area contributed by atoms with E-state index >= 15 is 0 Å². The maximum Gasteiger partial charge on any atom is 0.234 e. The highest BCUT2D eigenvalue weighted by Gasteiger charge is 2.49. The van der Waals surface area contributed by atoms with Crippen LogP contribution in [0.5, 0.6) is 0 Å². The van der Waals surface area contributed by atoms with E-state index in [9.17, 15) is 9.59 Å². The van der Waals surface area contributed by atoms with Crippen molar-refractivity contribution in [1.29, 1.82) is 0 Å². The molecule has 26 heavy (non-hydrogen) atoms. The lowest BCUT2D eigenvalue weighted by Crippen LogP contribution is -2.47. The van der Waals surface area contributed by atoms with E-state index in [4.69, 9.17) is 0 Å². The van der Waals surface area contributed by atoms with Gasteiger partial charge in [-0.25, -0.2) is 0 Å². The quantitative estimate of drug-likeness (QED) is 0.849. The summed E-state index contributed by atoms with van der Waals surface area (Å²) < 4.78 is 1.75. The number of aryl methyl sites for hydroxylation is 1. The molecule has 2 amide bonds. The fraction of sp³-hybridized carbons (Fsp3) is 0.450. The molecule has 1 aromatic carbocycles. The molecule has 0 unspecified atom stereocenters. The third kappa shape index (κ3) is 2.89. The summed E-state index contributed by atoms with van der Waals surface area (Å²) in [6.45, 7) is 2.06. The summed E-state index contributed by atoms with van der Waals surface area (Å²) in [5, 5.41) is 4.17. The smallest absolute Gasteiger partial charge is 0.234 e. The summed E-state index contributed by atoms with van der Waals surface area (Å²) in [7, 11) is 1.86. The van der Waals surface area contributed by atoms with Gasteiger partial charge in [-0.3, -0.25) is 19.2 Å². The Labute approximate surface area is 153 Å². The number of anilines is 1. The number of aromatic nitrogens is 2. The number of carbonyl (C=O) groups excluding carboxylic acids is 2. The highest BCUT2D eigenvalue weighted by atomic mass is 16.2. The van der Waals surface area contributed by atoms with Crippen LogP contribution >= 0.6 is 0 Å². The Morgan fingerprint density at radius 2 is 1.77 bits per heavy atom. The first-order chi connectivity index (χ1) is 12.6. The molecular formula is C20H24N4O2. The van der Waals surface area contributed by atoms with Crippen LogP contribution in [0.4, 0.5) is 5.82 Å². The molecule has 1 aromatic heterocycles. The largest absolute Gasteiger partial charge is 0.342 e. The van der Waals surface area contributed by atoms with Gasteiger partial charge < -0.3 is 4.90 Å². The zero-order chi connectivity index (χ0) is 18.1. The number of amides is 2. The van der Waals surface area contributed by atoms with Crippen molar-refractivity contribution in [2.24, 2.45) is 12.5 Å². The average molecular weight is 352 g/mol. The Morgan fingerprint density at radius 3 is 2.42 bits per heavy atom. The number of hydrogen-bond donors (Lipinski definition) is 0. The lowest BCUT2D eigenvalue weighted by Gasteiger charge is -2.38. The summed E-state index contributed by atoms with van der Waals surface area (Å²) in [5.74, 6) is 1.20. The van der Waals surface area contributed by atoms with Crippen molar-refractivity contribution in [3.63, 3.8) is 0 Å². The predicted octanol–water partition coefficient (Wildman–Crippen LogP) is 2.01. The zero-order valence-corrected chi connectivity index (χ0v) is 15.1. The third-order valence-corrected chi connectivity index (χ3v) is 5.86. The molecule has 0 atom stereocenters. The van der Waals surface area contributed by atoms with Crippen LogP contribution < -0.4 is 4.90 Å². The van der Waals surface area contributed by atoms with E-state index in [0.29, 0.717) is 19.5 Å². The van der Waals surface area contributed by atoms with Gasteiger partial charge in [-0.1, -0.05) is 30.3 Å². The third-order valence-electron chi connectivity index (χ3n) is 5.86. The highest BCUT2D eigenvalue weighted by Crippen LogP contribution is 2.43. The molecule has 0 saturated carbocycles. The normalized spacial score (nSPS) is 19.3. The molecular weight excluding hydrogens is 328 g/mol. The Kier molecular flexibility index (Phi) is 4.26. The van der Waals surface area contributed by atoms with Gasteiger partial charge in [0.15, 0.2) is 0 Å². The zero-order valence-electron chi connectivity index (χ0n) is 15.1. The second kappa shape index (κ2) is 6.59. The fourth-order valence-corrected chi connectivity index (χ4v) is 4.20. The molecule has 4 rings (SSSR count). The van der Waals surface area contributed by atoms with Crippen molar-refractivity contribution in [1.82, 2.24) is 14.7 Å². The van der Waals surface area contributed by atoms with Crippen molar-refractivity contribution in [3.8, 4) is 0 Å². The van der Waals surface area contributed by atoms with Gasteiger partial charge in [-0.15, -0.1) is 0 Å². The molecule has 2 aliphatic heterocycles. The van der Waals surface area contributed by atoms with Gasteiger partial charge in [0.05, 0.1) is 18.0 Å². The van der Waals surface area contributed by atoms with Gasteiger partial charge in [0.2, 0.25) is 11.8 Å². The van der Waals surface area contributed by atoms with Gasteiger partial charge in [0.1, 0.15) is 5.82 Å². The summed E-state index contributed by atoms with van der Waals surface area (Å²) >= 11 is 0. The molecule has 0 N–H and O–H groups in total. The molecule has 0 aliphatic carbocycles. The van der Waals surface area contributed by atoms with Crippen molar-refractivity contribution >= 4 is 17.6 Å². The van der Waals surface area contributed by atoms with Crippen LogP contribution in [0.25, 0.3) is 0 Å². The van der Waals surface area contributed by atoms with Crippen LogP contribution in [0.1, 0.15) is 24.8 Å². The molecule has 2 saturated heterocycles. The molecule has 0 bridgehead atoms. The SMILES string of the molecule is Cn1nccc1N1CCC2(CCN(C(=O)Cc3ccccc3)CC2)C1=O. The first-order valence-electron chi connectivity index (χ1n) is 9.21. The molecule has 2 aliphatic rings. The lowest BCUT2D eigenvalue weighted by molar-refractivity contribution is -0.137. The van der Waals surface area contributed by atoms with Crippen LogP contribution in [0, 0.1) is 5.41 Å². The Morgan fingerprint density at radius 1 is 1.08 bits per heavy atom. The van der Waals surface area contributed by atoms with Gasteiger partial charge >= 0.3 is 0 Å². The fourth-order valence-electron chi connectivity index (χ4n) is 4.20. The molecule has 6 nitrogen and oxygen atoms in total. The number of piperidine rings is 1. The van der Waals surface area contributed by atoms with Crippen molar-refractivity contribution in [3.05, 3.63) is 48.2 Å². The predicted molar refractivity (Wildman–Crippen MR) is 98.6 cm³/mol. The van der Waals surface area contributed by atoms with Crippen LogP contribution in [0.15, 0.2) is 42.6 Å². The molecule has 2 fully saturated rings. The molecule has 1 spiro atoms. The van der Waals surface area contributed by atoms with Crippen LogP contribution in [0.2, 0.25) is 0 Å². The summed E-state index contributed by atoms with van der Waals surface area (Å²) in [5.41, 5.74) is 0.727. The molecule has 2 aromatic rings. The topological polar surface area (TPSA) is 58.4 Å². The molecule has 3 heterocycles. The van der Waals surface area contributed by atoms with Gasteiger partial charge in [0, 0.05) is 32.7 Å². The average Bonchev–Trinajstić information content (AvgIpc) is 3.21. The van der Waals surface area contributed by atoms with E-state index < -0.39 is 0 Å². The number of benzene rings is 1. The van der Waals surface area contributed by atoms with Crippen molar-refractivity contribution in [2.45, 2.75) is 25.7 Å². The number of likely N-dealkylation sites (tertiary alicyclic amines) is 1. The number of rotatable bonds is 3. The monoisotopic (exact) mass is 352 g/mol. The number of nitrogens with zero attached hydrogens (tertiary/aromatic N) is 4. The minimum Gasteiger partial charge on any atom is -0.342 e. The van der Waals surface area contributed by atoms with Crippen LogP contribution in [-0.4, -0.2) is 46.1 Å². The minimum atomic E-state index is -0.312. The van der Waals surface area contributed by atoms with Crippen molar-refractivity contribution < 1.29 is 9.59 Å². The Bertz CT molecular complexity index is 806. The summed E-state index contributed by atoms with van der Waals surface area (Å²) in [6, 6.07) is 11.7. The lowest BCUT2D eigenvalue weighted by atomic mass is 9.77. The Balaban J connectivity index is 1.39. The second-order valence-corrected chi connectivity index (χ2v) is 7.34. The number of carbonyl (C=O) groups is 2. The standard InChI is InChI=1S/C20H24N4O2/c1-22-17(7-11-21-22)24-14-10-20(19(24)26)8-12-23(13-9-20)18(25)15-16-5-3-2-4-6-16/h2-7,11H,8-10,12-15H2,1H3. The van der Waals surface area contributed by atoms with Gasteiger partial charge in [-0.05, 0) is 24.8 Å². The first-order valence-corrected chi connectivity index (χ1v) is 9.21. The number of hydrogen-bond acceptors (Lipinski definition) is 3. The van der Waals surface area contributed by atoms with Crippen LogP contribution in [-0.2, 0) is 23.1 Å². The molecule has 6 heteroatoms. The van der Waals surface area contributed by atoms with E-state index in [1.807, 2.05) is 53.2 Å². The van der Waals surface area contributed by atoms with Crippen molar-refractivity contribution in [2.75, 3.05) is 24.5 Å².